The van der Waals surface area contributed by atoms with Crippen LogP contribution in [0.5, 0.6) is 5.75 Å². The number of thioether (sulfide) groups is 1. The van der Waals surface area contributed by atoms with Crippen LogP contribution in [-0.2, 0) is 11.2 Å². The number of ether oxygens (including phenoxy) is 1. The molecule has 6 heteroatoms. The molecule has 0 spiro atoms. The van der Waals surface area contributed by atoms with Gasteiger partial charge in [0.2, 0.25) is 0 Å². The summed E-state index contributed by atoms with van der Waals surface area (Å²) in [5.41, 5.74) is 1.94. The second-order valence-electron chi connectivity index (χ2n) is 5.46. The molecule has 0 atom stereocenters. The standard InChI is InChI=1S/C19H16BrNO3S/c1-24-16-8-7-14(11-15(16)20)12-17-18(22)21(19(23)25-17)10-9-13-5-3-2-4-6-13/h2-8,11-12H,9-10H2,1H3/b17-12-. The number of carbonyl (C=O) groups is 2. The maximum absolute atomic E-state index is 12.5. The van der Waals surface area contributed by atoms with Crippen molar-refractivity contribution in [3.8, 4) is 5.75 Å². The van der Waals surface area contributed by atoms with Crippen LogP contribution in [0.4, 0.5) is 4.79 Å². The Kier molecular flexibility index (Phi) is 5.60. The minimum Gasteiger partial charge on any atom is -0.496 e. The average molecular weight is 418 g/mol. The highest BCUT2D eigenvalue weighted by Gasteiger charge is 2.34. The fraction of sp³-hybridized carbons (Fsp3) is 0.158. The molecular formula is C19H16BrNO3S. The van der Waals surface area contributed by atoms with Gasteiger partial charge in [0.05, 0.1) is 16.5 Å². The number of imide groups is 1. The second kappa shape index (κ2) is 7.89. The van der Waals surface area contributed by atoms with Crippen molar-refractivity contribution < 1.29 is 14.3 Å². The lowest BCUT2D eigenvalue weighted by molar-refractivity contribution is -0.122. The Bertz CT molecular complexity index is 836. The number of amides is 2. The van der Waals surface area contributed by atoms with Gasteiger partial charge in [-0.25, -0.2) is 0 Å². The van der Waals surface area contributed by atoms with Crippen LogP contribution in [0, 0.1) is 0 Å². The first-order chi connectivity index (χ1) is 12.1. The fourth-order valence-electron chi connectivity index (χ4n) is 2.50. The smallest absolute Gasteiger partial charge is 0.293 e. The predicted molar refractivity (Wildman–Crippen MR) is 104 cm³/mol. The van der Waals surface area contributed by atoms with Gasteiger partial charge < -0.3 is 4.74 Å². The van der Waals surface area contributed by atoms with Crippen LogP contribution < -0.4 is 4.74 Å². The highest BCUT2D eigenvalue weighted by atomic mass is 79.9. The van der Waals surface area contributed by atoms with Crippen molar-refractivity contribution >= 4 is 44.9 Å². The Hall–Kier alpha value is -2.05. The number of nitrogens with zero attached hydrogens (tertiary/aromatic N) is 1. The Morgan fingerprint density at radius 1 is 1.16 bits per heavy atom. The van der Waals surface area contributed by atoms with E-state index in [-0.39, 0.29) is 11.1 Å². The first-order valence-corrected chi connectivity index (χ1v) is 9.32. The second-order valence-corrected chi connectivity index (χ2v) is 7.31. The molecule has 1 saturated heterocycles. The van der Waals surface area contributed by atoms with E-state index >= 15 is 0 Å². The van der Waals surface area contributed by atoms with E-state index < -0.39 is 0 Å². The molecule has 25 heavy (non-hydrogen) atoms. The fourth-order valence-corrected chi connectivity index (χ4v) is 3.93. The normalized spacial score (nSPS) is 15.9. The number of hydrogen-bond acceptors (Lipinski definition) is 4. The predicted octanol–water partition coefficient (Wildman–Crippen LogP) is 4.74. The van der Waals surface area contributed by atoms with Gasteiger partial charge >= 0.3 is 0 Å². The summed E-state index contributed by atoms with van der Waals surface area (Å²) >= 11 is 4.40. The Morgan fingerprint density at radius 3 is 2.60 bits per heavy atom. The zero-order valence-electron chi connectivity index (χ0n) is 13.6. The van der Waals surface area contributed by atoms with Gasteiger partial charge in [-0.05, 0) is 63.4 Å². The monoisotopic (exact) mass is 417 g/mol. The molecule has 0 bridgehead atoms. The zero-order chi connectivity index (χ0) is 17.8. The highest BCUT2D eigenvalue weighted by Crippen LogP contribution is 2.33. The van der Waals surface area contributed by atoms with Crippen molar-refractivity contribution in [1.82, 2.24) is 4.90 Å². The molecule has 2 aromatic carbocycles. The van der Waals surface area contributed by atoms with E-state index in [1.54, 1.807) is 13.2 Å². The average Bonchev–Trinajstić information content (AvgIpc) is 2.87. The lowest BCUT2D eigenvalue weighted by Crippen LogP contribution is -2.30. The van der Waals surface area contributed by atoms with Crippen molar-refractivity contribution in [3.05, 3.63) is 69.0 Å². The highest BCUT2D eigenvalue weighted by molar-refractivity contribution is 9.10. The van der Waals surface area contributed by atoms with Crippen LogP contribution in [0.1, 0.15) is 11.1 Å². The SMILES string of the molecule is COc1ccc(/C=C2\SC(=O)N(CCc3ccccc3)C2=O)cc1Br. The summed E-state index contributed by atoms with van der Waals surface area (Å²) in [6.45, 7) is 0.387. The summed E-state index contributed by atoms with van der Waals surface area (Å²) in [5, 5.41) is -0.222. The molecule has 1 aliphatic rings. The van der Waals surface area contributed by atoms with E-state index in [1.807, 2.05) is 48.5 Å². The van der Waals surface area contributed by atoms with Gasteiger partial charge in [0.1, 0.15) is 5.75 Å². The molecule has 0 unspecified atom stereocenters. The van der Waals surface area contributed by atoms with E-state index in [0.717, 1.165) is 27.4 Å². The van der Waals surface area contributed by atoms with Crippen LogP contribution >= 0.6 is 27.7 Å². The lowest BCUT2D eigenvalue weighted by atomic mass is 10.1. The number of carbonyl (C=O) groups excluding carboxylic acids is 2. The maximum Gasteiger partial charge on any atom is 0.293 e. The van der Waals surface area contributed by atoms with Crippen LogP contribution in [0.25, 0.3) is 6.08 Å². The van der Waals surface area contributed by atoms with E-state index in [4.69, 9.17) is 4.74 Å². The number of hydrogen-bond donors (Lipinski definition) is 0. The molecule has 1 heterocycles. The Morgan fingerprint density at radius 2 is 1.92 bits per heavy atom. The topological polar surface area (TPSA) is 46.6 Å². The molecule has 0 N–H and O–H groups in total. The van der Waals surface area contributed by atoms with E-state index in [2.05, 4.69) is 15.9 Å². The summed E-state index contributed by atoms with van der Waals surface area (Å²) < 4.78 is 6.00. The van der Waals surface area contributed by atoms with Crippen LogP contribution in [0.2, 0.25) is 0 Å². The minimum atomic E-state index is -0.238. The van der Waals surface area contributed by atoms with Gasteiger partial charge in [-0.1, -0.05) is 36.4 Å². The Balaban J connectivity index is 1.73. The van der Waals surface area contributed by atoms with E-state index in [0.29, 0.717) is 23.6 Å². The summed E-state index contributed by atoms with van der Waals surface area (Å²) in [4.78, 5) is 26.4. The minimum absolute atomic E-state index is 0.222. The van der Waals surface area contributed by atoms with Crippen molar-refractivity contribution in [2.45, 2.75) is 6.42 Å². The Labute approximate surface area is 159 Å². The van der Waals surface area contributed by atoms with Crippen molar-refractivity contribution in [2.75, 3.05) is 13.7 Å². The molecule has 2 aromatic rings. The molecule has 128 valence electrons. The number of halogens is 1. The lowest BCUT2D eigenvalue weighted by Gasteiger charge is -2.12. The van der Waals surface area contributed by atoms with E-state index in [9.17, 15) is 9.59 Å². The molecule has 4 nitrogen and oxygen atoms in total. The van der Waals surface area contributed by atoms with Crippen LogP contribution in [0.15, 0.2) is 57.9 Å². The third-order valence-corrected chi connectivity index (χ3v) is 5.34. The molecular weight excluding hydrogens is 402 g/mol. The summed E-state index contributed by atoms with van der Waals surface area (Å²) in [6.07, 6.45) is 2.39. The third-order valence-electron chi connectivity index (χ3n) is 3.81. The first kappa shape index (κ1) is 17.8. The summed E-state index contributed by atoms with van der Waals surface area (Å²) in [6, 6.07) is 15.3. The van der Waals surface area contributed by atoms with Crippen LogP contribution in [-0.4, -0.2) is 29.7 Å². The van der Waals surface area contributed by atoms with Crippen LogP contribution in [0.3, 0.4) is 0 Å². The van der Waals surface area contributed by atoms with Crippen molar-refractivity contribution in [1.29, 1.82) is 0 Å². The van der Waals surface area contributed by atoms with Crippen molar-refractivity contribution in [3.63, 3.8) is 0 Å². The van der Waals surface area contributed by atoms with Gasteiger partial charge in [0.25, 0.3) is 11.1 Å². The van der Waals surface area contributed by atoms with Gasteiger partial charge in [0.15, 0.2) is 0 Å². The molecule has 0 aromatic heterocycles. The molecule has 3 rings (SSSR count). The molecule has 1 fully saturated rings. The van der Waals surface area contributed by atoms with E-state index in [1.165, 1.54) is 4.90 Å². The largest absolute Gasteiger partial charge is 0.496 e. The molecule has 0 aliphatic carbocycles. The van der Waals surface area contributed by atoms with Gasteiger partial charge in [-0.3, -0.25) is 14.5 Å². The summed E-state index contributed by atoms with van der Waals surface area (Å²) in [7, 11) is 1.60. The van der Waals surface area contributed by atoms with Gasteiger partial charge in [0, 0.05) is 6.54 Å². The molecule has 0 radical (unpaired) electrons. The molecule has 2 amide bonds. The van der Waals surface area contributed by atoms with Gasteiger partial charge in [-0.15, -0.1) is 0 Å². The number of rotatable bonds is 5. The zero-order valence-corrected chi connectivity index (χ0v) is 16.0. The number of benzene rings is 2. The van der Waals surface area contributed by atoms with Gasteiger partial charge in [-0.2, -0.15) is 0 Å². The summed E-state index contributed by atoms with van der Waals surface area (Å²) in [5.74, 6) is 0.478. The maximum atomic E-state index is 12.5. The quantitative estimate of drug-likeness (QED) is 0.659. The van der Waals surface area contributed by atoms with Crippen molar-refractivity contribution in [2.24, 2.45) is 0 Å². The molecule has 0 saturated carbocycles. The first-order valence-electron chi connectivity index (χ1n) is 7.71. The third kappa shape index (κ3) is 4.14. The molecule has 1 aliphatic heterocycles. The number of methoxy groups -OCH3 is 1.